The van der Waals surface area contributed by atoms with Crippen LogP contribution in [0.4, 0.5) is 34.1 Å². The van der Waals surface area contributed by atoms with Crippen molar-refractivity contribution in [3.63, 3.8) is 0 Å². The largest absolute Gasteiger partial charge is 0.456 e. The lowest BCUT2D eigenvalue weighted by atomic mass is 9.96. The molecule has 0 bridgehead atoms. The minimum absolute atomic E-state index is 0.854. The Bertz CT molecular complexity index is 4970. The van der Waals surface area contributed by atoms with Crippen LogP contribution < -0.4 is 9.80 Å². The summed E-state index contributed by atoms with van der Waals surface area (Å²) in [4.78, 5) is 4.81. The molecule has 16 rings (SSSR count). The van der Waals surface area contributed by atoms with Crippen molar-refractivity contribution in [3.8, 4) is 11.1 Å². The van der Waals surface area contributed by atoms with Gasteiger partial charge in [0.15, 0.2) is 0 Å². The Morgan fingerprint density at radius 3 is 1.43 bits per heavy atom. The SMILES string of the molecule is c1ccc(N(c2ccc(-c3ccc4sc5ccc6cc7ccccc7cc6c5c4c3)c(N(c3ccccc3)c3ccc4oc5ccc6ccccc6c5c4c3)c2)c2ccc3oc4ccc5ccccc5c4c3c2)cc1. The minimum atomic E-state index is 0.854. The molecule has 16 aromatic rings. The van der Waals surface area contributed by atoms with E-state index in [0.717, 1.165) is 89.1 Å². The maximum atomic E-state index is 6.62. The molecule has 0 aliphatic carbocycles. The lowest BCUT2D eigenvalue weighted by molar-refractivity contribution is 0.669. The number of para-hydroxylation sites is 2. The Morgan fingerprint density at radius 1 is 0.267 bits per heavy atom. The smallest absolute Gasteiger partial charge is 0.136 e. The molecule has 3 heterocycles. The lowest BCUT2D eigenvalue weighted by Crippen LogP contribution is -2.14. The molecule has 0 aliphatic heterocycles. The van der Waals surface area contributed by atoms with Crippen molar-refractivity contribution in [1.29, 1.82) is 0 Å². The zero-order valence-corrected chi connectivity index (χ0v) is 41.2. The van der Waals surface area contributed by atoms with E-state index in [4.69, 9.17) is 8.83 Å². The van der Waals surface area contributed by atoms with Crippen LogP contribution in [0.25, 0.3) is 118 Å². The van der Waals surface area contributed by atoms with Crippen LogP contribution in [0.5, 0.6) is 0 Å². The second-order valence-corrected chi connectivity index (χ2v) is 20.7. The Kier molecular flexibility index (Phi) is 9.17. The van der Waals surface area contributed by atoms with E-state index >= 15 is 0 Å². The van der Waals surface area contributed by atoms with Crippen LogP contribution in [0.2, 0.25) is 0 Å². The summed E-state index contributed by atoms with van der Waals surface area (Å²) in [6.45, 7) is 0. The summed E-state index contributed by atoms with van der Waals surface area (Å²) in [7, 11) is 0. The van der Waals surface area contributed by atoms with Gasteiger partial charge in [-0.25, -0.2) is 0 Å². The maximum absolute atomic E-state index is 6.62. The highest BCUT2D eigenvalue weighted by Crippen LogP contribution is 2.49. The molecule has 0 fully saturated rings. The van der Waals surface area contributed by atoms with E-state index in [1.165, 1.54) is 63.3 Å². The van der Waals surface area contributed by atoms with Gasteiger partial charge in [0, 0.05) is 75.7 Å². The van der Waals surface area contributed by atoms with Gasteiger partial charge in [0.05, 0.1) is 5.69 Å². The van der Waals surface area contributed by atoms with Gasteiger partial charge in [0.2, 0.25) is 0 Å². The van der Waals surface area contributed by atoms with Gasteiger partial charge < -0.3 is 18.6 Å². The third kappa shape index (κ3) is 6.62. The van der Waals surface area contributed by atoms with Crippen molar-refractivity contribution in [2.24, 2.45) is 0 Å². The number of nitrogens with zero attached hydrogens (tertiary/aromatic N) is 2. The summed E-state index contributed by atoms with van der Waals surface area (Å²) in [6.07, 6.45) is 0. The Hall–Kier alpha value is -9.68. The zero-order chi connectivity index (χ0) is 49.1. The number of benzene rings is 13. The zero-order valence-electron chi connectivity index (χ0n) is 40.4. The van der Waals surface area contributed by atoms with Crippen LogP contribution in [-0.4, -0.2) is 0 Å². The summed E-state index contributed by atoms with van der Waals surface area (Å²) in [5.74, 6) is 0. The molecule has 0 amide bonds. The van der Waals surface area contributed by atoms with Gasteiger partial charge in [-0.15, -0.1) is 11.3 Å². The molecule has 0 atom stereocenters. The van der Waals surface area contributed by atoms with Crippen LogP contribution in [0.15, 0.2) is 264 Å². The maximum Gasteiger partial charge on any atom is 0.136 e. The van der Waals surface area contributed by atoms with Crippen molar-refractivity contribution in [1.82, 2.24) is 0 Å². The summed E-state index contributed by atoms with van der Waals surface area (Å²) >= 11 is 1.86. The van der Waals surface area contributed by atoms with E-state index in [9.17, 15) is 0 Å². The first-order chi connectivity index (χ1) is 37.1. The number of fused-ring (bicyclic) bond motifs is 16. The number of hydrogen-bond acceptors (Lipinski definition) is 5. The standard InChI is InChI=1S/C70H42N2O2S/c1-3-17-49(18-4-1)71(51-28-33-62-58(40-51)68-55-21-11-9-13-43(55)23-31-64(68)73-62)53-27-30-54(48-25-35-66-60(39-48)70-57-38-46-16-8-7-15-45(46)37-47(57)26-36-67(70)75-66)61(42-53)72(50-19-5-2-6-20-50)52-29-34-63-59(41-52)69-56-22-12-10-14-44(56)24-32-65(69)74-63/h1-42H. The van der Waals surface area contributed by atoms with Crippen molar-refractivity contribution < 1.29 is 8.83 Å². The quantitative estimate of drug-likeness (QED) is 0.149. The van der Waals surface area contributed by atoms with Crippen LogP contribution in [0.1, 0.15) is 0 Å². The molecule has 0 spiro atoms. The van der Waals surface area contributed by atoms with Crippen molar-refractivity contribution >= 4 is 153 Å². The number of hydrogen-bond donors (Lipinski definition) is 0. The van der Waals surface area contributed by atoms with Crippen molar-refractivity contribution in [3.05, 3.63) is 255 Å². The van der Waals surface area contributed by atoms with E-state index in [2.05, 4.69) is 265 Å². The van der Waals surface area contributed by atoms with E-state index in [0.29, 0.717) is 0 Å². The summed E-state index contributed by atoms with van der Waals surface area (Å²) in [5, 5.41) is 16.7. The first-order valence-corrected chi connectivity index (χ1v) is 26.3. The fraction of sp³-hybridized carbons (Fsp3) is 0. The first kappa shape index (κ1) is 41.9. The van der Waals surface area contributed by atoms with Gasteiger partial charge in [-0.3, -0.25) is 0 Å². The van der Waals surface area contributed by atoms with Crippen LogP contribution >= 0.6 is 11.3 Å². The fourth-order valence-corrected chi connectivity index (χ4v) is 13.0. The van der Waals surface area contributed by atoms with E-state index < -0.39 is 0 Å². The van der Waals surface area contributed by atoms with Crippen LogP contribution in [0, 0.1) is 0 Å². The van der Waals surface area contributed by atoms with Gasteiger partial charge in [0.25, 0.3) is 0 Å². The number of rotatable bonds is 7. The fourth-order valence-electron chi connectivity index (χ4n) is 11.9. The normalized spacial score (nSPS) is 12.0. The Balaban J connectivity index is 0.968. The van der Waals surface area contributed by atoms with Crippen molar-refractivity contribution in [2.45, 2.75) is 0 Å². The molecule has 4 nitrogen and oxygen atoms in total. The minimum Gasteiger partial charge on any atom is -0.456 e. The highest BCUT2D eigenvalue weighted by atomic mass is 32.1. The molecule has 75 heavy (non-hydrogen) atoms. The molecule has 0 saturated heterocycles. The van der Waals surface area contributed by atoms with Gasteiger partial charge in [0.1, 0.15) is 22.3 Å². The average Bonchev–Trinajstić information content (AvgIpc) is 4.18. The monoisotopic (exact) mass is 974 g/mol. The Morgan fingerprint density at radius 2 is 0.773 bits per heavy atom. The van der Waals surface area contributed by atoms with Gasteiger partial charge in [-0.1, -0.05) is 140 Å². The molecular formula is C70H42N2O2S. The lowest BCUT2D eigenvalue weighted by Gasteiger charge is -2.31. The second kappa shape index (κ2) is 16.4. The third-order valence-electron chi connectivity index (χ3n) is 15.3. The number of anilines is 6. The Labute approximate surface area is 434 Å². The molecule has 0 unspecified atom stereocenters. The first-order valence-electron chi connectivity index (χ1n) is 25.5. The molecule has 0 radical (unpaired) electrons. The molecule has 5 heteroatoms. The second-order valence-electron chi connectivity index (χ2n) is 19.6. The molecule has 0 saturated carbocycles. The molecule has 13 aromatic carbocycles. The highest BCUT2D eigenvalue weighted by Gasteiger charge is 2.24. The highest BCUT2D eigenvalue weighted by molar-refractivity contribution is 7.26. The molecular weight excluding hydrogens is 933 g/mol. The molecule has 3 aromatic heterocycles. The van der Waals surface area contributed by atoms with E-state index in [1.54, 1.807) is 0 Å². The summed E-state index contributed by atoms with van der Waals surface area (Å²) in [5.41, 5.74) is 11.9. The van der Waals surface area contributed by atoms with Crippen LogP contribution in [-0.2, 0) is 0 Å². The molecule has 0 N–H and O–H groups in total. The molecule has 350 valence electrons. The van der Waals surface area contributed by atoms with E-state index in [1.807, 2.05) is 11.3 Å². The van der Waals surface area contributed by atoms with Gasteiger partial charge in [-0.2, -0.15) is 0 Å². The summed E-state index contributed by atoms with van der Waals surface area (Å²) in [6, 6.07) is 92.5. The number of thiophene rings is 1. The van der Waals surface area contributed by atoms with Gasteiger partial charge >= 0.3 is 0 Å². The predicted octanol–water partition coefficient (Wildman–Crippen LogP) is 21.1. The van der Waals surface area contributed by atoms with E-state index in [-0.39, 0.29) is 0 Å². The summed E-state index contributed by atoms with van der Waals surface area (Å²) < 4.78 is 15.7. The average molecular weight is 975 g/mol. The van der Waals surface area contributed by atoms with Crippen LogP contribution in [0.3, 0.4) is 0 Å². The molecule has 0 aliphatic rings. The topological polar surface area (TPSA) is 32.8 Å². The van der Waals surface area contributed by atoms with Crippen molar-refractivity contribution in [2.75, 3.05) is 9.80 Å². The third-order valence-corrected chi connectivity index (χ3v) is 16.5. The number of furan rings is 2. The predicted molar refractivity (Wildman–Crippen MR) is 319 cm³/mol. The van der Waals surface area contributed by atoms with Gasteiger partial charge in [-0.05, 0) is 164 Å².